The van der Waals surface area contributed by atoms with E-state index in [0.29, 0.717) is 0 Å². The third-order valence-corrected chi connectivity index (χ3v) is 4.78. The van der Waals surface area contributed by atoms with Crippen molar-refractivity contribution in [3.8, 4) is 0 Å². The normalized spacial score (nSPS) is 15.9. The summed E-state index contributed by atoms with van der Waals surface area (Å²) in [5.41, 5.74) is 6.54. The zero-order chi connectivity index (χ0) is 12.3. The lowest BCUT2D eigenvalue weighted by Gasteiger charge is -2.26. The Morgan fingerprint density at radius 1 is 1.25 bits per heavy atom. The van der Waals surface area contributed by atoms with E-state index in [-0.39, 0.29) is 6.61 Å². The Kier molecular flexibility index (Phi) is 4.26. The molecule has 0 spiro atoms. The van der Waals surface area contributed by atoms with Crippen LogP contribution in [0.4, 0.5) is 0 Å². The van der Waals surface area contributed by atoms with E-state index in [1.54, 1.807) is 0 Å². The molecule has 1 aromatic rings. The van der Waals surface area contributed by atoms with Crippen molar-refractivity contribution >= 4 is 13.3 Å². The zero-order valence-electron chi connectivity index (χ0n) is 10.1. The molecule has 0 saturated carbocycles. The summed E-state index contributed by atoms with van der Waals surface area (Å²) in [7, 11) is -1.50. The van der Waals surface area contributed by atoms with Gasteiger partial charge in [-0.15, -0.1) is 0 Å². The van der Waals surface area contributed by atoms with E-state index in [0.717, 1.165) is 5.56 Å². The maximum Gasteiger partial charge on any atom is 0.0962 e. The largest absolute Gasteiger partial charge is 0.395 e. The molecule has 0 aromatic heterocycles. The van der Waals surface area contributed by atoms with Crippen LogP contribution in [-0.2, 0) is 0 Å². The van der Waals surface area contributed by atoms with Crippen LogP contribution in [0.2, 0.25) is 19.6 Å². The van der Waals surface area contributed by atoms with E-state index >= 15 is 0 Å². The Morgan fingerprint density at radius 2 is 1.81 bits per heavy atom. The van der Waals surface area contributed by atoms with Gasteiger partial charge in [-0.1, -0.05) is 49.1 Å². The number of nitrogens with two attached hydrogens (primary N) is 1. The molecule has 2 unspecified atom stereocenters. The Balaban J connectivity index is 3.13. The molecule has 0 aliphatic carbocycles. The van der Waals surface area contributed by atoms with E-state index in [4.69, 9.17) is 10.8 Å². The molecule has 0 amide bonds. The number of benzene rings is 1. The minimum Gasteiger partial charge on any atom is -0.395 e. The van der Waals surface area contributed by atoms with Crippen LogP contribution >= 0.6 is 0 Å². The lowest BCUT2D eigenvalue weighted by atomic mass is 10.0. The van der Waals surface area contributed by atoms with E-state index < -0.39 is 20.2 Å². The number of aliphatic hydroxyl groups is 2. The Hall–Kier alpha value is -0.683. The molecule has 0 bridgehead atoms. The van der Waals surface area contributed by atoms with Crippen molar-refractivity contribution in [2.75, 3.05) is 6.61 Å². The first-order valence-corrected chi connectivity index (χ1v) is 9.02. The predicted octanol–water partition coefficient (Wildman–Crippen LogP) is 0.585. The molecular weight excluding hydrogens is 218 g/mol. The van der Waals surface area contributed by atoms with Gasteiger partial charge in [-0.2, -0.15) is 0 Å². The Bertz CT molecular complexity index is 349. The summed E-state index contributed by atoms with van der Waals surface area (Å²) in [5, 5.41) is 20.3. The average molecular weight is 239 g/mol. The Labute approximate surface area is 97.9 Å². The molecule has 0 heterocycles. The third-order valence-electron chi connectivity index (χ3n) is 2.70. The van der Waals surface area contributed by atoms with Gasteiger partial charge in [0.25, 0.3) is 0 Å². The molecule has 0 aliphatic rings. The van der Waals surface area contributed by atoms with Gasteiger partial charge in [0.15, 0.2) is 0 Å². The minimum absolute atomic E-state index is 0.207. The fraction of sp³-hybridized carbons (Fsp3) is 0.500. The van der Waals surface area contributed by atoms with E-state index in [9.17, 15) is 5.11 Å². The van der Waals surface area contributed by atoms with Crippen molar-refractivity contribution in [1.29, 1.82) is 0 Å². The van der Waals surface area contributed by atoms with Gasteiger partial charge in [-0.25, -0.2) is 0 Å². The standard InChI is InChI=1S/C12H21NO2Si/c1-16(2,3)11-7-5-4-6-9(11)12(15)10(13)8-14/h4-7,10,12,14-15H,8,13H2,1-3H3. The van der Waals surface area contributed by atoms with Crippen LogP contribution in [0, 0.1) is 0 Å². The molecule has 16 heavy (non-hydrogen) atoms. The van der Waals surface area contributed by atoms with Gasteiger partial charge in [0.2, 0.25) is 0 Å². The summed E-state index contributed by atoms with van der Waals surface area (Å²) in [6.07, 6.45) is -0.784. The summed E-state index contributed by atoms with van der Waals surface area (Å²) in [6, 6.07) is 7.21. The molecule has 4 heteroatoms. The van der Waals surface area contributed by atoms with Gasteiger partial charge in [0, 0.05) is 0 Å². The minimum atomic E-state index is -1.50. The highest BCUT2D eigenvalue weighted by molar-refractivity contribution is 6.89. The van der Waals surface area contributed by atoms with Crippen molar-refractivity contribution in [2.24, 2.45) is 5.73 Å². The second kappa shape index (κ2) is 5.10. The van der Waals surface area contributed by atoms with Crippen LogP contribution in [0.3, 0.4) is 0 Å². The monoisotopic (exact) mass is 239 g/mol. The van der Waals surface area contributed by atoms with Crippen LogP contribution < -0.4 is 10.9 Å². The van der Waals surface area contributed by atoms with Gasteiger partial charge in [0.1, 0.15) is 0 Å². The highest BCUT2D eigenvalue weighted by atomic mass is 28.3. The van der Waals surface area contributed by atoms with Crippen LogP contribution in [0.5, 0.6) is 0 Å². The van der Waals surface area contributed by atoms with Crippen molar-refractivity contribution in [3.63, 3.8) is 0 Å². The van der Waals surface area contributed by atoms with Gasteiger partial charge < -0.3 is 15.9 Å². The summed E-state index contributed by atoms with van der Waals surface area (Å²) >= 11 is 0. The number of rotatable bonds is 4. The van der Waals surface area contributed by atoms with Crippen LogP contribution in [0.1, 0.15) is 11.7 Å². The van der Waals surface area contributed by atoms with E-state index in [2.05, 4.69) is 25.7 Å². The lowest BCUT2D eigenvalue weighted by molar-refractivity contribution is 0.110. The van der Waals surface area contributed by atoms with Gasteiger partial charge in [-0.05, 0) is 5.56 Å². The van der Waals surface area contributed by atoms with Crippen molar-refractivity contribution in [3.05, 3.63) is 29.8 Å². The van der Waals surface area contributed by atoms with E-state index in [1.165, 1.54) is 5.19 Å². The maximum atomic E-state index is 10.1. The second-order valence-corrected chi connectivity index (χ2v) is 10.2. The molecule has 4 N–H and O–H groups in total. The molecule has 0 saturated heterocycles. The Morgan fingerprint density at radius 3 is 2.31 bits per heavy atom. The van der Waals surface area contributed by atoms with Crippen molar-refractivity contribution < 1.29 is 10.2 Å². The number of hydrogen-bond donors (Lipinski definition) is 3. The first-order valence-electron chi connectivity index (χ1n) is 5.52. The fourth-order valence-electron chi connectivity index (χ4n) is 1.77. The molecule has 1 aromatic carbocycles. The van der Waals surface area contributed by atoms with Crippen LogP contribution in [0.25, 0.3) is 0 Å². The zero-order valence-corrected chi connectivity index (χ0v) is 11.1. The molecule has 0 radical (unpaired) electrons. The van der Waals surface area contributed by atoms with Crippen molar-refractivity contribution in [1.82, 2.24) is 0 Å². The molecule has 90 valence electrons. The second-order valence-electron chi connectivity index (χ2n) is 5.13. The molecular formula is C12H21NO2Si. The predicted molar refractivity (Wildman–Crippen MR) is 69.4 cm³/mol. The highest BCUT2D eigenvalue weighted by Gasteiger charge is 2.25. The summed E-state index contributed by atoms with van der Waals surface area (Å²) < 4.78 is 0. The highest BCUT2D eigenvalue weighted by Crippen LogP contribution is 2.17. The number of hydrogen-bond acceptors (Lipinski definition) is 3. The topological polar surface area (TPSA) is 66.5 Å². The first kappa shape index (κ1) is 13.4. The molecule has 3 nitrogen and oxygen atoms in total. The number of aliphatic hydroxyl groups excluding tert-OH is 2. The molecule has 0 fully saturated rings. The van der Waals surface area contributed by atoms with Crippen LogP contribution in [0.15, 0.2) is 24.3 Å². The van der Waals surface area contributed by atoms with E-state index in [1.807, 2.05) is 18.2 Å². The smallest absolute Gasteiger partial charge is 0.0962 e. The molecule has 0 aliphatic heterocycles. The first-order chi connectivity index (χ1) is 7.38. The lowest BCUT2D eigenvalue weighted by Crippen LogP contribution is -2.43. The third kappa shape index (κ3) is 2.92. The van der Waals surface area contributed by atoms with Crippen LogP contribution in [-0.4, -0.2) is 30.9 Å². The SMILES string of the molecule is C[Si](C)(C)c1ccccc1C(O)C(N)CO. The van der Waals surface area contributed by atoms with Gasteiger partial charge in [-0.3, -0.25) is 0 Å². The quantitative estimate of drug-likeness (QED) is 0.674. The maximum absolute atomic E-state index is 10.1. The average Bonchev–Trinajstić information content (AvgIpc) is 2.26. The van der Waals surface area contributed by atoms with Gasteiger partial charge in [0.05, 0.1) is 26.8 Å². The summed E-state index contributed by atoms with van der Waals surface area (Å²) in [5.74, 6) is 0. The summed E-state index contributed by atoms with van der Waals surface area (Å²) in [4.78, 5) is 0. The summed E-state index contributed by atoms with van der Waals surface area (Å²) in [6.45, 7) is 6.47. The van der Waals surface area contributed by atoms with Crippen molar-refractivity contribution in [2.45, 2.75) is 31.8 Å². The van der Waals surface area contributed by atoms with Gasteiger partial charge >= 0.3 is 0 Å². The molecule has 1 rings (SSSR count). The fourth-order valence-corrected chi connectivity index (χ4v) is 3.46. The molecule has 2 atom stereocenters.